The van der Waals surface area contributed by atoms with E-state index in [9.17, 15) is 5.11 Å². The molecule has 0 aromatic heterocycles. The molecule has 0 fully saturated rings. The van der Waals surface area contributed by atoms with Crippen LogP contribution in [0, 0.1) is 6.92 Å². The fourth-order valence-electron chi connectivity index (χ4n) is 1.64. The van der Waals surface area contributed by atoms with Crippen molar-refractivity contribution in [2.45, 2.75) is 19.4 Å². The molecule has 1 aliphatic heterocycles. The van der Waals surface area contributed by atoms with E-state index in [1.54, 1.807) is 6.07 Å². The summed E-state index contributed by atoms with van der Waals surface area (Å²) in [7, 11) is 0. The summed E-state index contributed by atoms with van der Waals surface area (Å²) in [5.74, 6) is 0.828. The Morgan fingerprint density at radius 3 is 3.08 bits per heavy atom. The largest absolute Gasteiger partial charge is 0.504 e. The number of rotatable bonds is 0. The molecule has 0 spiro atoms. The lowest BCUT2D eigenvalue weighted by Gasteiger charge is -2.24. The van der Waals surface area contributed by atoms with Crippen LogP contribution in [0.1, 0.15) is 11.1 Å². The molecular formula is C10H13NO2. The average molecular weight is 179 g/mol. The first-order chi connectivity index (χ1) is 6.18. The van der Waals surface area contributed by atoms with Crippen molar-refractivity contribution in [2.75, 3.05) is 6.61 Å². The van der Waals surface area contributed by atoms with Gasteiger partial charge in [-0.15, -0.1) is 0 Å². The van der Waals surface area contributed by atoms with E-state index in [0.717, 1.165) is 17.5 Å². The van der Waals surface area contributed by atoms with Gasteiger partial charge in [-0.2, -0.15) is 0 Å². The van der Waals surface area contributed by atoms with Gasteiger partial charge in [0.05, 0.1) is 0 Å². The van der Waals surface area contributed by atoms with Gasteiger partial charge in [0.1, 0.15) is 6.61 Å². The standard InChI is InChI=1S/C10H13NO2/c1-6-2-3-9(12)10-8(6)4-7(11)5-13-10/h2-3,7,12H,4-5,11H2,1H3. The summed E-state index contributed by atoms with van der Waals surface area (Å²) < 4.78 is 5.37. The van der Waals surface area contributed by atoms with Crippen LogP contribution in [-0.4, -0.2) is 17.8 Å². The fraction of sp³-hybridized carbons (Fsp3) is 0.400. The predicted octanol–water partition coefficient (Wildman–Crippen LogP) is 0.963. The summed E-state index contributed by atoms with van der Waals surface area (Å²) in [5, 5.41) is 9.50. The molecule has 13 heavy (non-hydrogen) atoms. The van der Waals surface area contributed by atoms with Crippen LogP contribution in [0.25, 0.3) is 0 Å². The third-order valence-electron chi connectivity index (χ3n) is 2.38. The van der Waals surface area contributed by atoms with Crippen molar-refractivity contribution in [3.8, 4) is 11.5 Å². The highest BCUT2D eigenvalue weighted by Gasteiger charge is 2.20. The molecule has 0 radical (unpaired) electrons. The Hall–Kier alpha value is -1.22. The first kappa shape index (κ1) is 8.38. The van der Waals surface area contributed by atoms with Gasteiger partial charge >= 0.3 is 0 Å². The number of aromatic hydroxyl groups is 1. The van der Waals surface area contributed by atoms with Crippen molar-refractivity contribution in [2.24, 2.45) is 5.73 Å². The Bertz CT molecular complexity index is 336. The maximum Gasteiger partial charge on any atom is 0.164 e. The van der Waals surface area contributed by atoms with Crippen LogP contribution in [0.15, 0.2) is 12.1 Å². The van der Waals surface area contributed by atoms with Gasteiger partial charge in [0.15, 0.2) is 11.5 Å². The second-order valence-corrected chi connectivity index (χ2v) is 3.48. The van der Waals surface area contributed by atoms with Crippen molar-refractivity contribution < 1.29 is 9.84 Å². The highest BCUT2D eigenvalue weighted by Crippen LogP contribution is 2.35. The minimum Gasteiger partial charge on any atom is -0.504 e. The van der Waals surface area contributed by atoms with Crippen LogP contribution >= 0.6 is 0 Å². The Labute approximate surface area is 77.1 Å². The molecule has 1 heterocycles. The molecule has 3 nitrogen and oxygen atoms in total. The van der Waals surface area contributed by atoms with Crippen molar-refractivity contribution in [3.63, 3.8) is 0 Å². The lowest BCUT2D eigenvalue weighted by Crippen LogP contribution is -2.34. The smallest absolute Gasteiger partial charge is 0.164 e. The number of phenolic OH excluding ortho intramolecular Hbond substituents is 1. The maximum atomic E-state index is 9.50. The molecule has 1 aliphatic rings. The van der Waals surface area contributed by atoms with Gasteiger partial charge in [0.2, 0.25) is 0 Å². The summed E-state index contributed by atoms with van der Waals surface area (Å²) in [4.78, 5) is 0. The summed E-state index contributed by atoms with van der Waals surface area (Å²) in [6, 6.07) is 3.59. The average Bonchev–Trinajstić information content (AvgIpc) is 2.12. The summed E-state index contributed by atoms with van der Waals surface area (Å²) >= 11 is 0. The molecule has 0 aliphatic carbocycles. The van der Waals surface area contributed by atoms with Gasteiger partial charge in [0, 0.05) is 11.6 Å². The minimum absolute atomic E-state index is 0.0491. The van der Waals surface area contributed by atoms with Crippen LogP contribution in [0.5, 0.6) is 11.5 Å². The number of phenols is 1. The number of nitrogens with two attached hydrogens (primary N) is 1. The zero-order valence-corrected chi connectivity index (χ0v) is 7.58. The number of benzene rings is 1. The zero-order chi connectivity index (χ0) is 9.42. The first-order valence-corrected chi connectivity index (χ1v) is 4.38. The maximum absolute atomic E-state index is 9.50. The summed E-state index contributed by atoms with van der Waals surface area (Å²) in [5.41, 5.74) is 7.93. The molecule has 3 N–H and O–H groups in total. The molecule has 1 aromatic carbocycles. The summed E-state index contributed by atoms with van der Waals surface area (Å²) in [6.07, 6.45) is 0.787. The van der Waals surface area contributed by atoms with Gasteiger partial charge in [-0.1, -0.05) is 6.07 Å². The van der Waals surface area contributed by atoms with E-state index in [4.69, 9.17) is 10.5 Å². The van der Waals surface area contributed by atoms with Gasteiger partial charge in [-0.05, 0) is 25.0 Å². The number of ether oxygens (including phenoxy) is 1. The van der Waals surface area contributed by atoms with E-state index >= 15 is 0 Å². The summed E-state index contributed by atoms with van der Waals surface area (Å²) in [6.45, 7) is 2.49. The highest BCUT2D eigenvalue weighted by atomic mass is 16.5. The Balaban J connectivity index is 2.51. The van der Waals surface area contributed by atoms with Crippen LogP contribution < -0.4 is 10.5 Å². The van der Waals surface area contributed by atoms with E-state index in [0.29, 0.717) is 12.4 Å². The van der Waals surface area contributed by atoms with Crippen molar-refractivity contribution >= 4 is 0 Å². The molecule has 1 atom stereocenters. The van der Waals surface area contributed by atoms with E-state index in [1.807, 2.05) is 13.0 Å². The molecule has 2 rings (SSSR count). The van der Waals surface area contributed by atoms with Crippen molar-refractivity contribution in [1.29, 1.82) is 0 Å². The minimum atomic E-state index is 0.0491. The van der Waals surface area contributed by atoms with Crippen molar-refractivity contribution in [1.82, 2.24) is 0 Å². The van der Waals surface area contributed by atoms with E-state index < -0.39 is 0 Å². The predicted molar refractivity (Wildman–Crippen MR) is 50.0 cm³/mol. The number of fused-ring (bicyclic) bond motifs is 1. The SMILES string of the molecule is Cc1ccc(O)c2c1CC(N)CO2. The van der Waals surface area contributed by atoms with Crippen LogP contribution in [0.2, 0.25) is 0 Å². The highest BCUT2D eigenvalue weighted by molar-refractivity contribution is 5.50. The number of aryl methyl sites for hydroxylation is 1. The Morgan fingerprint density at radius 1 is 1.54 bits per heavy atom. The van der Waals surface area contributed by atoms with E-state index in [2.05, 4.69) is 0 Å². The lowest BCUT2D eigenvalue weighted by atomic mass is 9.98. The second kappa shape index (κ2) is 2.92. The molecule has 1 unspecified atom stereocenters. The molecule has 0 amide bonds. The lowest BCUT2D eigenvalue weighted by molar-refractivity contribution is 0.250. The quantitative estimate of drug-likeness (QED) is 0.623. The molecule has 70 valence electrons. The zero-order valence-electron chi connectivity index (χ0n) is 7.58. The number of hydrogen-bond acceptors (Lipinski definition) is 3. The first-order valence-electron chi connectivity index (χ1n) is 4.38. The van der Waals surface area contributed by atoms with E-state index in [-0.39, 0.29) is 11.8 Å². The Kier molecular flexibility index (Phi) is 1.88. The molecule has 3 heteroatoms. The molecule has 1 aromatic rings. The van der Waals surface area contributed by atoms with Gasteiger partial charge in [-0.3, -0.25) is 0 Å². The second-order valence-electron chi connectivity index (χ2n) is 3.48. The van der Waals surface area contributed by atoms with Gasteiger partial charge < -0.3 is 15.6 Å². The monoisotopic (exact) mass is 179 g/mol. The Morgan fingerprint density at radius 2 is 2.31 bits per heavy atom. The normalized spacial score (nSPS) is 20.6. The topological polar surface area (TPSA) is 55.5 Å². The third-order valence-corrected chi connectivity index (χ3v) is 2.38. The molecule has 0 saturated heterocycles. The molecule has 0 saturated carbocycles. The van der Waals surface area contributed by atoms with Crippen LogP contribution in [-0.2, 0) is 6.42 Å². The molecule has 0 bridgehead atoms. The van der Waals surface area contributed by atoms with E-state index in [1.165, 1.54) is 0 Å². The number of hydrogen-bond donors (Lipinski definition) is 2. The fourth-order valence-corrected chi connectivity index (χ4v) is 1.64. The third kappa shape index (κ3) is 1.35. The van der Waals surface area contributed by atoms with Gasteiger partial charge in [-0.25, -0.2) is 0 Å². The van der Waals surface area contributed by atoms with Crippen LogP contribution in [0.3, 0.4) is 0 Å². The van der Waals surface area contributed by atoms with Crippen molar-refractivity contribution in [3.05, 3.63) is 23.3 Å². The molecular weight excluding hydrogens is 166 g/mol. The van der Waals surface area contributed by atoms with Gasteiger partial charge in [0.25, 0.3) is 0 Å². The van der Waals surface area contributed by atoms with Crippen LogP contribution in [0.4, 0.5) is 0 Å².